The van der Waals surface area contributed by atoms with E-state index in [4.69, 9.17) is 9.47 Å². The maximum Gasteiger partial charge on any atom is 0.158 e. The topological polar surface area (TPSA) is 18.5 Å². The zero-order valence-electron chi connectivity index (χ0n) is 12.2. The fourth-order valence-corrected chi connectivity index (χ4v) is 1.21. The van der Waals surface area contributed by atoms with E-state index in [1.807, 2.05) is 0 Å². The molecule has 0 heterocycles. The Bertz CT molecular complexity index is 222. The molecule has 0 saturated heterocycles. The van der Waals surface area contributed by atoms with E-state index in [2.05, 4.69) is 53.7 Å². The van der Waals surface area contributed by atoms with E-state index in [1.165, 1.54) is 11.1 Å². The number of hydrogen-bond donors (Lipinski definition) is 0. The van der Waals surface area contributed by atoms with Gasteiger partial charge in [-0.25, -0.2) is 0 Å². The zero-order chi connectivity index (χ0) is 13.3. The van der Waals surface area contributed by atoms with Gasteiger partial charge in [0, 0.05) is 6.42 Å². The Hall–Kier alpha value is -0.600. The fraction of sp³-hybridized carbons (Fsp3) is 0.733. The van der Waals surface area contributed by atoms with E-state index >= 15 is 0 Å². The average molecular weight is 240 g/mol. The highest BCUT2D eigenvalue weighted by atomic mass is 16.7. The van der Waals surface area contributed by atoms with Gasteiger partial charge in [-0.15, -0.1) is 0 Å². The molecule has 0 aliphatic heterocycles. The summed E-state index contributed by atoms with van der Waals surface area (Å²) in [6.07, 6.45) is 5.00. The van der Waals surface area contributed by atoms with Crippen molar-refractivity contribution in [3.05, 3.63) is 23.3 Å². The summed E-state index contributed by atoms with van der Waals surface area (Å²) in [7, 11) is 0. The van der Waals surface area contributed by atoms with E-state index in [9.17, 15) is 0 Å². The van der Waals surface area contributed by atoms with E-state index in [-0.39, 0.29) is 6.29 Å². The third kappa shape index (κ3) is 11.7. The van der Waals surface area contributed by atoms with E-state index in [0.29, 0.717) is 19.1 Å². The highest BCUT2D eigenvalue weighted by Crippen LogP contribution is 2.10. The van der Waals surface area contributed by atoms with Gasteiger partial charge in [-0.2, -0.15) is 0 Å². The second-order valence-electron chi connectivity index (χ2n) is 5.29. The SMILES string of the molecule is CC(C)=CCOC(CC(C)C)OCC=C(C)C. The van der Waals surface area contributed by atoms with Crippen molar-refractivity contribution in [2.75, 3.05) is 13.2 Å². The molecule has 0 fully saturated rings. The van der Waals surface area contributed by atoms with Crippen molar-refractivity contribution in [2.24, 2.45) is 5.92 Å². The van der Waals surface area contributed by atoms with Crippen molar-refractivity contribution in [2.45, 2.75) is 54.3 Å². The summed E-state index contributed by atoms with van der Waals surface area (Å²) in [6, 6.07) is 0. The minimum Gasteiger partial charge on any atom is -0.349 e. The predicted molar refractivity (Wildman–Crippen MR) is 74.0 cm³/mol. The van der Waals surface area contributed by atoms with Crippen molar-refractivity contribution in [3.63, 3.8) is 0 Å². The van der Waals surface area contributed by atoms with Crippen LogP contribution >= 0.6 is 0 Å². The lowest BCUT2D eigenvalue weighted by molar-refractivity contribution is -0.135. The maximum absolute atomic E-state index is 5.72. The molecule has 17 heavy (non-hydrogen) atoms. The summed E-state index contributed by atoms with van der Waals surface area (Å²) in [5, 5.41) is 0. The Kier molecular flexibility index (Phi) is 9.10. The lowest BCUT2D eigenvalue weighted by Gasteiger charge is -2.19. The fourth-order valence-electron chi connectivity index (χ4n) is 1.21. The lowest BCUT2D eigenvalue weighted by atomic mass is 10.1. The molecule has 0 radical (unpaired) electrons. The van der Waals surface area contributed by atoms with Crippen LogP contribution in [-0.4, -0.2) is 19.5 Å². The summed E-state index contributed by atoms with van der Waals surface area (Å²) in [5.41, 5.74) is 2.55. The molecule has 0 spiro atoms. The molecule has 100 valence electrons. The molecule has 0 aromatic heterocycles. The van der Waals surface area contributed by atoms with Gasteiger partial charge in [0.1, 0.15) is 0 Å². The molecule has 0 rings (SSSR count). The summed E-state index contributed by atoms with van der Waals surface area (Å²) in [5.74, 6) is 0.582. The van der Waals surface area contributed by atoms with Crippen LogP contribution in [0.5, 0.6) is 0 Å². The third-order valence-electron chi connectivity index (χ3n) is 2.21. The van der Waals surface area contributed by atoms with Crippen LogP contribution in [0.15, 0.2) is 23.3 Å². The van der Waals surface area contributed by atoms with Gasteiger partial charge in [-0.3, -0.25) is 0 Å². The van der Waals surface area contributed by atoms with Crippen molar-refractivity contribution >= 4 is 0 Å². The van der Waals surface area contributed by atoms with Crippen LogP contribution in [0.3, 0.4) is 0 Å². The van der Waals surface area contributed by atoms with E-state index in [1.54, 1.807) is 0 Å². The van der Waals surface area contributed by atoms with E-state index in [0.717, 1.165) is 6.42 Å². The normalized spacial score (nSPS) is 10.8. The van der Waals surface area contributed by atoms with Crippen LogP contribution in [0.1, 0.15) is 48.0 Å². The van der Waals surface area contributed by atoms with Gasteiger partial charge in [0.05, 0.1) is 13.2 Å². The first kappa shape index (κ1) is 16.4. The lowest BCUT2D eigenvalue weighted by Crippen LogP contribution is -2.20. The molecule has 2 heteroatoms. The van der Waals surface area contributed by atoms with Gasteiger partial charge in [0.15, 0.2) is 6.29 Å². The second-order valence-corrected chi connectivity index (χ2v) is 5.29. The smallest absolute Gasteiger partial charge is 0.158 e. The molecule has 2 nitrogen and oxygen atoms in total. The highest BCUT2D eigenvalue weighted by molar-refractivity contribution is 4.93. The number of allylic oxidation sites excluding steroid dienone is 2. The van der Waals surface area contributed by atoms with Gasteiger partial charge in [-0.1, -0.05) is 37.1 Å². The first-order chi connectivity index (χ1) is 7.91. The second kappa shape index (κ2) is 9.43. The zero-order valence-corrected chi connectivity index (χ0v) is 12.2. The predicted octanol–water partition coefficient (Wildman–Crippen LogP) is 4.32. The Morgan fingerprint density at radius 1 is 0.882 bits per heavy atom. The minimum atomic E-state index is -0.0961. The Balaban J connectivity index is 4.05. The minimum absolute atomic E-state index is 0.0961. The van der Waals surface area contributed by atoms with Crippen LogP contribution in [0.2, 0.25) is 0 Å². The molecule has 0 aromatic carbocycles. The number of hydrogen-bond acceptors (Lipinski definition) is 2. The number of rotatable bonds is 8. The van der Waals surface area contributed by atoms with Crippen LogP contribution in [0.25, 0.3) is 0 Å². The van der Waals surface area contributed by atoms with Gasteiger partial charge in [0.2, 0.25) is 0 Å². The highest BCUT2D eigenvalue weighted by Gasteiger charge is 2.10. The molecule has 0 saturated carbocycles. The Labute approximate surface area is 107 Å². The van der Waals surface area contributed by atoms with Crippen LogP contribution in [0.4, 0.5) is 0 Å². The standard InChI is InChI=1S/C15H28O2/c1-12(2)7-9-16-15(11-14(5)6)17-10-8-13(3)4/h7-8,14-15H,9-11H2,1-6H3. The molecule has 0 aliphatic rings. The molecule has 0 aliphatic carbocycles. The summed E-state index contributed by atoms with van der Waals surface area (Å²) < 4.78 is 11.4. The van der Waals surface area contributed by atoms with Gasteiger partial charge in [-0.05, 0) is 33.6 Å². The molecule has 0 atom stereocenters. The Morgan fingerprint density at radius 2 is 1.29 bits per heavy atom. The number of ether oxygens (including phenoxy) is 2. The molecule has 0 amide bonds. The monoisotopic (exact) mass is 240 g/mol. The first-order valence-electron chi connectivity index (χ1n) is 6.41. The van der Waals surface area contributed by atoms with Gasteiger partial charge >= 0.3 is 0 Å². The summed E-state index contributed by atoms with van der Waals surface area (Å²) in [6.45, 7) is 13.9. The largest absolute Gasteiger partial charge is 0.349 e. The maximum atomic E-state index is 5.72. The van der Waals surface area contributed by atoms with Crippen LogP contribution in [0, 0.1) is 5.92 Å². The molecular weight excluding hydrogens is 212 g/mol. The van der Waals surface area contributed by atoms with Crippen molar-refractivity contribution in [1.29, 1.82) is 0 Å². The van der Waals surface area contributed by atoms with Crippen molar-refractivity contribution < 1.29 is 9.47 Å². The molecular formula is C15H28O2. The van der Waals surface area contributed by atoms with Gasteiger partial charge < -0.3 is 9.47 Å². The molecule has 0 aromatic rings. The average Bonchev–Trinajstić information content (AvgIpc) is 2.15. The van der Waals surface area contributed by atoms with Crippen molar-refractivity contribution in [3.8, 4) is 0 Å². The van der Waals surface area contributed by atoms with Crippen molar-refractivity contribution in [1.82, 2.24) is 0 Å². The first-order valence-corrected chi connectivity index (χ1v) is 6.41. The molecule has 0 unspecified atom stereocenters. The van der Waals surface area contributed by atoms with Crippen LogP contribution < -0.4 is 0 Å². The van der Waals surface area contributed by atoms with E-state index < -0.39 is 0 Å². The third-order valence-corrected chi connectivity index (χ3v) is 2.21. The quantitative estimate of drug-likeness (QED) is 0.464. The Morgan fingerprint density at radius 3 is 1.59 bits per heavy atom. The summed E-state index contributed by atoms with van der Waals surface area (Å²) >= 11 is 0. The molecule has 0 N–H and O–H groups in total. The molecule has 0 bridgehead atoms. The van der Waals surface area contributed by atoms with Crippen LogP contribution in [-0.2, 0) is 9.47 Å². The van der Waals surface area contributed by atoms with Gasteiger partial charge in [0.25, 0.3) is 0 Å². The summed E-state index contributed by atoms with van der Waals surface area (Å²) in [4.78, 5) is 0.